The lowest BCUT2D eigenvalue weighted by molar-refractivity contribution is -0.153. The van der Waals surface area contributed by atoms with Crippen LogP contribution in [-0.4, -0.2) is 24.6 Å². The molecule has 0 spiro atoms. The number of ether oxygens (including phenoxy) is 2. The first-order chi connectivity index (χ1) is 16.6. The van der Waals surface area contributed by atoms with Crippen LogP contribution in [-0.2, 0) is 19.1 Å². The van der Waals surface area contributed by atoms with Crippen molar-refractivity contribution < 1.29 is 19.1 Å². The van der Waals surface area contributed by atoms with Crippen LogP contribution in [0.5, 0.6) is 0 Å². The van der Waals surface area contributed by atoms with Gasteiger partial charge in [0.1, 0.15) is 0 Å². The van der Waals surface area contributed by atoms with Crippen molar-refractivity contribution in [1.82, 2.24) is 0 Å². The molecule has 0 aliphatic heterocycles. The SMILES string of the molecule is CCCCCCCCCCCCCCCCCCCOC(=O)CCC(=O)OC(C)CCCCC. The first-order valence-corrected chi connectivity index (χ1v) is 14.9. The Hall–Kier alpha value is -1.06. The molecule has 202 valence electrons. The maximum absolute atomic E-state index is 11.8. The zero-order chi connectivity index (χ0) is 25.1. The fraction of sp³-hybridized carbons (Fsp3) is 0.933. The second-order valence-corrected chi connectivity index (χ2v) is 10.2. The van der Waals surface area contributed by atoms with Crippen LogP contribution in [0.3, 0.4) is 0 Å². The predicted octanol–water partition coefficient (Wildman–Crippen LogP) is 9.47. The number of carbonyl (C=O) groups excluding carboxylic acids is 2. The molecular formula is C30H58O4. The van der Waals surface area contributed by atoms with Crippen LogP contribution in [0.2, 0.25) is 0 Å². The lowest BCUT2D eigenvalue weighted by atomic mass is 10.0. The van der Waals surface area contributed by atoms with Gasteiger partial charge in [-0.25, -0.2) is 0 Å². The number of hydrogen-bond acceptors (Lipinski definition) is 4. The number of carbonyl (C=O) groups is 2. The highest BCUT2D eigenvalue weighted by atomic mass is 16.5. The van der Waals surface area contributed by atoms with Crippen LogP contribution in [0.25, 0.3) is 0 Å². The predicted molar refractivity (Wildman–Crippen MR) is 144 cm³/mol. The highest BCUT2D eigenvalue weighted by Crippen LogP contribution is 2.14. The van der Waals surface area contributed by atoms with Gasteiger partial charge in [-0.05, 0) is 26.2 Å². The van der Waals surface area contributed by atoms with Crippen molar-refractivity contribution in [1.29, 1.82) is 0 Å². The van der Waals surface area contributed by atoms with E-state index < -0.39 is 0 Å². The molecule has 0 aromatic heterocycles. The average molecular weight is 483 g/mol. The highest BCUT2D eigenvalue weighted by molar-refractivity contribution is 5.77. The zero-order valence-corrected chi connectivity index (χ0v) is 23.2. The molecule has 1 unspecified atom stereocenters. The monoisotopic (exact) mass is 482 g/mol. The quantitative estimate of drug-likeness (QED) is 0.0909. The fourth-order valence-electron chi connectivity index (χ4n) is 4.31. The first-order valence-electron chi connectivity index (χ1n) is 14.9. The minimum atomic E-state index is -0.293. The Bertz CT molecular complexity index is 449. The Morgan fingerprint density at radius 1 is 0.529 bits per heavy atom. The van der Waals surface area contributed by atoms with Crippen LogP contribution in [0.15, 0.2) is 0 Å². The number of hydrogen-bond donors (Lipinski definition) is 0. The van der Waals surface area contributed by atoms with E-state index in [0.717, 1.165) is 38.5 Å². The van der Waals surface area contributed by atoms with Crippen molar-refractivity contribution >= 4 is 11.9 Å². The molecule has 0 fully saturated rings. The van der Waals surface area contributed by atoms with Gasteiger partial charge in [0.25, 0.3) is 0 Å². The molecule has 0 radical (unpaired) electrons. The Morgan fingerprint density at radius 2 is 0.912 bits per heavy atom. The van der Waals surface area contributed by atoms with E-state index in [1.807, 2.05) is 6.92 Å². The van der Waals surface area contributed by atoms with E-state index in [1.54, 1.807) is 0 Å². The molecule has 0 saturated carbocycles. The third-order valence-electron chi connectivity index (χ3n) is 6.59. The van der Waals surface area contributed by atoms with Crippen molar-refractivity contribution in [3.63, 3.8) is 0 Å². The van der Waals surface area contributed by atoms with E-state index in [9.17, 15) is 9.59 Å². The van der Waals surface area contributed by atoms with Crippen molar-refractivity contribution in [2.75, 3.05) is 6.61 Å². The van der Waals surface area contributed by atoms with Crippen LogP contribution >= 0.6 is 0 Å². The van der Waals surface area contributed by atoms with Crippen molar-refractivity contribution in [2.24, 2.45) is 0 Å². The van der Waals surface area contributed by atoms with Crippen LogP contribution in [0, 0.1) is 0 Å². The number of esters is 2. The summed E-state index contributed by atoms with van der Waals surface area (Å²) in [5, 5.41) is 0. The number of rotatable bonds is 26. The largest absolute Gasteiger partial charge is 0.466 e. The lowest BCUT2D eigenvalue weighted by Gasteiger charge is -2.12. The van der Waals surface area contributed by atoms with Gasteiger partial charge in [-0.1, -0.05) is 129 Å². The van der Waals surface area contributed by atoms with E-state index in [-0.39, 0.29) is 30.9 Å². The van der Waals surface area contributed by atoms with Gasteiger partial charge in [-0.2, -0.15) is 0 Å². The molecule has 0 rings (SSSR count). The molecule has 0 heterocycles. The standard InChI is InChI=1S/C30H58O4/c1-4-6-8-9-10-11-12-13-14-15-16-17-18-19-20-21-23-27-33-29(31)25-26-30(32)34-28(3)24-22-7-5-2/h28H,4-27H2,1-3H3. The molecule has 34 heavy (non-hydrogen) atoms. The summed E-state index contributed by atoms with van der Waals surface area (Å²) in [4.78, 5) is 23.6. The molecule has 1 atom stereocenters. The smallest absolute Gasteiger partial charge is 0.306 e. The minimum Gasteiger partial charge on any atom is -0.466 e. The van der Waals surface area contributed by atoms with Gasteiger partial charge in [0.2, 0.25) is 0 Å². The van der Waals surface area contributed by atoms with Crippen LogP contribution in [0.4, 0.5) is 0 Å². The summed E-state index contributed by atoms with van der Waals surface area (Å²) in [5.41, 5.74) is 0. The highest BCUT2D eigenvalue weighted by Gasteiger charge is 2.12. The second-order valence-electron chi connectivity index (χ2n) is 10.2. The van der Waals surface area contributed by atoms with Gasteiger partial charge >= 0.3 is 11.9 Å². The van der Waals surface area contributed by atoms with Crippen LogP contribution in [0.1, 0.15) is 168 Å². The van der Waals surface area contributed by atoms with Gasteiger partial charge < -0.3 is 9.47 Å². The Balaban J connectivity index is 3.30. The molecule has 4 nitrogen and oxygen atoms in total. The summed E-state index contributed by atoms with van der Waals surface area (Å²) in [6.45, 7) is 6.83. The molecule has 0 amide bonds. The maximum Gasteiger partial charge on any atom is 0.306 e. The van der Waals surface area contributed by atoms with E-state index >= 15 is 0 Å². The Kier molecular flexibility index (Phi) is 25.7. The maximum atomic E-state index is 11.8. The van der Waals surface area contributed by atoms with E-state index in [4.69, 9.17) is 9.47 Å². The molecule has 0 saturated heterocycles. The summed E-state index contributed by atoms with van der Waals surface area (Å²) in [6.07, 6.45) is 27.2. The molecule has 0 aliphatic rings. The van der Waals surface area contributed by atoms with E-state index in [2.05, 4.69) is 13.8 Å². The molecule has 0 aromatic carbocycles. The summed E-state index contributed by atoms with van der Waals surface area (Å²) in [7, 11) is 0. The summed E-state index contributed by atoms with van der Waals surface area (Å²) < 4.78 is 10.6. The van der Waals surface area contributed by atoms with Gasteiger partial charge in [0.05, 0.1) is 25.6 Å². The summed E-state index contributed by atoms with van der Waals surface area (Å²) >= 11 is 0. The Morgan fingerprint density at radius 3 is 1.38 bits per heavy atom. The molecular weight excluding hydrogens is 424 g/mol. The summed E-state index contributed by atoms with van der Waals surface area (Å²) in [5.74, 6) is -0.578. The minimum absolute atomic E-state index is 0.0648. The van der Waals surface area contributed by atoms with Crippen LogP contribution < -0.4 is 0 Å². The molecule has 0 N–H and O–H groups in total. The van der Waals surface area contributed by atoms with Gasteiger partial charge in [0, 0.05) is 0 Å². The van der Waals surface area contributed by atoms with Gasteiger partial charge in [-0.3, -0.25) is 9.59 Å². The normalized spacial score (nSPS) is 12.0. The first kappa shape index (κ1) is 32.9. The molecule has 4 heteroatoms. The lowest BCUT2D eigenvalue weighted by Crippen LogP contribution is -2.16. The Labute approximate surface area is 212 Å². The molecule has 0 aromatic rings. The van der Waals surface area contributed by atoms with Crippen molar-refractivity contribution in [3.05, 3.63) is 0 Å². The topological polar surface area (TPSA) is 52.6 Å². The van der Waals surface area contributed by atoms with E-state index in [0.29, 0.717) is 6.61 Å². The summed E-state index contributed by atoms with van der Waals surface area (Å²) in [6, 6.07) is 0. The average Bonchev–Trinajstić information content (AvgIpc) is 2.82. The van der Waals surface area contributed by atoms with Gasteiger partial charge in [-0.15, -0.1) is 0 Å². The number of unbranched alkanes of at least 4 members (excludes halogenated alkanes) is 18. The van der Waals surface area contributed by atoms with Crippen molar-refractivity contribution in [3.8, 4) is 0 Å². The van der Waals surface area contributed by atoms with E-state index in [1.165, 1.54) is 96.3 Å². The second kappa shape index (κ2) is 26.5. The van der Waals surface area contributed by atoms with Gasteiger partial charge in [0.15, 0.2) is 0 Å². The third-order valence-corrected chi connectivity index (χ3v) is 6.59. The third kappa shape index (κ3) is 25.6. The molecule has 0 aliphatic carbocycles. The fourth-order valence-corrected chi connectivity index (χ4v) is 4.31. The zero-order valence-electron chi connectivity index (χ0n) is 23.2. The molecule has 0 bridgehead atoms. The van der Waals surface area contributed by atoms with Crippen molar-refractivity contribution in [2.45, 2.75) is 175 Å².